The molecule has 0 aliphatic rings. The molecule has 0 aromatic heterocycles. The summed E-state index contributed by atoms with van der Waals surface area (Å²) in [7, 11) is 0. The second-order valence-electron chi connectivity index (χ2n) is 1.70. The average molecular weight is 303 g/mol. The van der Waals surface area contributed by atoms with Gasteiger partial charge in [-0.3, -0.25) is 0 Å². The van der Waals surface area contributed by atoms with Crippen LogP contribution in [0.25, 0.3) is 0 Å². The SMILES string of the molecule is CC(=O)[CH]([Tl])C(C)=O. The minimum absolute atomic E-state index is 0.0162. The summed E-state index contributed by atoms with van der Waals surface area (Å²) in [5.74, 6) is 0.0324. The van der Waals surface area contributed by atoms with E-state index in [9.17, 15) is 9.59 Å². The molecule has 0 saturated heterocycles. The van der Waals surface area contributed by atoms with Crippen molar-refractivity contribution in [1.29, 1.82) is 0 Å². The van der Waals surface area contributed by atoms with E-state index in [0.717, 1.165) is 0 Å². The Morgan fingerprint density at radius 1 is 1.25 bits per heavy atom. The number of hydrogen-bond acceptors (Lipinski definition) is 2. The molecule has 0 aliphatic heterocycles. The third-order valence-corrected chi connectivity index (χ3v) is 4.53. The number of rotatable bonds is 2. The Labute approximate surface area is 64.3 Å². The zero-order valence-electron chi connectivity index (χ0n) is 4.97. The molecule has 0 unspecified atom stereocenters. The number of hydrogen-bond donors (Lipinski definition) is 0. The first-order valence-electron chi connectivity index (χ1n) is 2.32. The van der Waals surface area contributed by atoms with Gasteiger partial charge in [0, 0.05) is 0 Å². The fourth-order valence-electron chi connectivity index (χ4n) is 0.286. The predicted octanol–water partition coefficient (Wildman–Crippen LogP) is 0.121. The van der Waals surface area contributed by atoms with Gasteiger partial charge in [0.25, 0.3) is 0 Å². The number of carbonyl (C=O) groups excluding carboxylic acids is 2. The van der Waals surface area contributed by atoms with Crippen LogP contribution in [0, 0.1) is 0 Å². The Hall–Kier alpha value is 0.262. The molecular weight excluding hydrogens is 296 g/mol. The Morgan fingerprint density at radius 2 is 1.50 bits per heavy atom. The second kappa shape index (κ2) is 3.32. The number of carbonyl (C=O) groups is 2. The first-order valence-corrected chi connectivity index (χ1v) is 4.91. The molecule has 0 heterocycles. The first-order chi connectivity index (χ1) is 3.55. The average Bonchev–Trinajstić information content (AvgIpc) is 1.64. The van der Waals surface area contributed by atoms with Gasteiger partial charge in [-0.25, -0.2) is 0 Å². The van der Waals surface area contributed by atoms with Crippen molar-refractivity contribution in [3.05, 3.63) is 0 Å². The van der Waals surface area contributed by atoms with Crippen LogP contribution in [0.1, 0.15) is 13.8 Å². The Kier molecular flexibility index (Phi) is 3.43. The molecule has 0 atom stereocenters. The maximum atomic E-state index is 10.4. The second-order valence-corrected chi connectivity index (χ2v) is 4.29. The molecule has 2 nitrogen and oxygen atoms in total. The van der Waals surface area contributed by atoms with Gasteiger partial charge in [0.1, 0.15) is 0 Å². The van der Waals surface area contributed by atoms with Crippen molar-refractivity contribution in [3.8, 4) is 0 Å². The van der Waals surface area contributed by atoms with Crippen LogP contribution in [0.15, 0.2) is 0 Å². The summed E-state index contributed by atoms with van der Waals surface area (Å²) in [5, 5.41) is 0. The van der Waals surface area contributed by atoms with E-state index in [4.69, 9.17) is 0 Å². The van der Waals surface area contributed by atoms with E-state index in [2.05, 4.69) is 0 Å². The summed E-state index contributed by atoms with van der Waals surface area (Å²) in [5.41, 5.74) is 0. The third-order valence-electron chi connectivity index (χ3n) is 0.876. The Bertz CT molecular complexity index is 106. The molecular formula is C5H7O2Tl. The summed E-state index contributed by atoms with van der Waals surface area (Å²) in [6.07, 6.45) is 0. The van der Waals surface area contributed by atoms with Gasteiger partial charge >= 0.3 is 64.2 Å². The molecule has 0 N–H and O–H groups in total. The van der Waals surface area contributed by atoms with Crippen molar-refractivity contribution < 1.29 is 9.59 Å². The molecule has 0 amide bonds. The van der Waals surface area contributed by atoms with Gasteiger partial charge in [-0.2, -0.15) is 0 Å². The molecule has 0 aromatic rings. The summed E-state index contributed by atoms with van der Waals surface area (Å²) in [4.78, 5) is 20.8. The van der Waals surface area contributed by atoms with E-state index in [1.54, 1.807) is 0 Å². The molecule has 8 heavy (non-hydrogen) atoms. The van der Waals surface area contributed by atoms with Gasteiger partial charge in [0.2, 0.25) is 0 Å². The van der Waals surface area contributed by atoms with Crippen molar-refractivity contribution in [1.82, 2.24) is 0 Å². The van der Waals surface area contributed by atoms with E-state index < -0.39 is 0 Å². The molecule has 0 aliphatic carbocycles. The zero-order valence-corrected chi connectivity index (χ0v) is 9.46. The van der Waals surface area contributed by atoms with Crippen LogP contribution < -0.4 is 0 Å². The van der Waals surface area contributed by atoms with Crippen molar-refractivity contribution >= 4 is 37.3 Å². The monoisotopic (exact) mass is 304 g/mol. The molecule has 0 spiro atoms. The fourth-order valence-corrected chi connectivity index (χ4v) is 0.286. The zero-order chi connectivity index (χ0) is 6.73. The first kappa shape index (κ1) is 8.26. The molecule has 0 fully saturated rings. The molecule has 0 saturated carbocycles. The normalized spacial score (nSPS) is 9.25. The van der Waals surface area contributed by atoms with E-state index >= 15 is 0 Å². The van der Waals surface area contributed by atoms with Crippen molar-refractivity contribution in [3.63, 3.8) is 0 Å². The molecule has 0 radical (unpaired) electrons. The third kappa shape index (κ3) is 2.54. The van der Waals surface area contributed by atoms with Crippen LogP contribution in [0.5, 0.6) is 0 Å². The van der Waals surface area contributed by atoms with Crippen LogP contribution >= 0.6 is 0 Å². The summed E-state index contributed by atoms with van der Waals surface area (Å²) < 4.78 is -0.241. The molecule has 3 heteroatoms. The van der Waals surface area contributed by atoms with Crippen LogP contribution in [-0.4, -0.2) is 37.3 Å². The fraction of sp³-hybridized carbons (Fsp3) is 0.600. The Balaban J connectivity index is 3.83. The van der Waals surface area contributed by atoms with Gasteiger partial charge in [-0.05, 0) is 0 Å². The van der Waals surface area contributed by atoms with E-state index in [1.165, 1.54) is 13.8 Å². The van der Waals surface area contributed by atoms with E-state index in [1.807, 2.05) is 0 Å². The van der Waals surface area contributed by atoms with Crippen LogP contribution in [0.4, 0.5) is 0 Å². The number of Topliss-reactive ketones (excluding diaryl/α,β-unsaturated/α-hetero) is 2. The van der Waals surface area contributed by atoms with Gasteiger partial charge in [0.05, 0.1) is 0 Å². The van der Waals surface area contributed by atoms with E-state index in [-0.39, 0.29) is 15.0 Å². The van der Waals surface area contributed by atoms with Gasteiger partial charge in [-0.1, -0.05) is 0 Å². The summed E-state index contributed by atoms with van der Waals surface area (Å²) in [6.45, 7) is 2.93. The quantitative estimate of drug-likeness (QED) is 0.536. The molecule has 0 aromatic carbocycles. The molecule has 42 valence electrons. The summed E-state index contributed by atoms with van der Waals surface area (Å²) in [6, 6.07) is 0. The van der Waals surface area contributed by atoms with Gasteiger partial charge < -0.3 is 0 Å². The molecule has 0 bridgehead atoms. The van der Waals surface area contributed by atoms with Crippen LogP contribution in [0.3, 0.4) is 0 Å². The summed E-state index contributed by atoms with van der Waals surface area (Å²) >= 11 is 0.468. The standard InChI is InChI=1S/C5H7O2.Tl/c1-4(6)3-5(2)7;/h3H,1-2H3;. The van der Waals surface area contributed by atoms with E-state index in [0.29, 0.717) is 25.8 Å². The van der Waals surface area contributed by atoms with Crippen LogP contribution in [-0.2, 0) is 9.59 Å². The Morgan fingerprint density at radius 3 is 1.50 bits per heavy atom. The minimum atomic E-state index is -0.241. The van der Waals surface area contributed by atoms with Crippen molar-refractivity contribution in [2.24, 2.45) is 0 Å². The van der Waals surface area contributed by atoms with Crippen molar-refractivity contribution in [2.75, 3.05) is 0 Å². The predicted molar refractivity (Wildman–Crippen MR) is 30.9 cm³/mol. The molecule has 0 rings (SSSR count). The van der Waals surface area contributed by atoms with Crippen molar-refractivity contribution in [2.45, 2.75) is 17.3 Å². The topological polar surface area (TPSA) is 34.1 Å². The maximum absolute atomic E-state index is 10.4. The van der Waals surface area contributed by atoms with Gasteiger partial charge in [-0.15, -0.1) is 0 Å². The van der Waals surface area contributed by atoms with Crippen LogP contribution in [0.2, 0.25) is 3.48 Å². The number of ketones is 2. The van der Waals surface area contributed by atoms with Gasteiger partial charge in [0.15, 0.2) is 0 Å².